The van der Waals surface area contributed by atoms with E-state index < -0.39 is 28.5 Å². The van der Waals surface area contributed by atoms with Crippen LogP contribution < -0.4 is 10.6 Å². The van der Waals surface area contributed by atoms with Crippen molar-refractivity contribution in [3.63, 3.8) is 0 Å². The van der Waals surface area contributed by atoms with Gasteiger partial charge in [-0.25, -0.2) is 4.79 Å². The highest BCUT2D eigenvalue weighted by molar-refractivity contribution is 7.80. The number of fused-ring (bicyclic) bond motifs is 2. The summed E-state index contributed by atoms with van der Waals surface area (Å²) in [6, 6.07) is -1.80. The molecule has 0 spiro atoms. The molecule has 11 heteroatoms. The summed E-state index contributed by atoms with van der Waals surface area (Å²) < 4.78 is 34.8. The SMILES string of the molecule is O=C(N[C@@H]1CCCNC1)[C@@H]1CCC2CN1C(=O)N2OS(=O)(=O)O. The van der Waals surface area contributed by atoms with E-state index in [1.807, 2.05) is 0 Å². The maximum absolute atomic E-state index is 12.4. The van der Waals surface area contributed by atoms with Crippen LogP contribution in [0.3, 0.4) is 0 Å². The molecule has 10 nitrogen and oxygen atoms in total. The van der Waals surface area contributed by atoms with Gasteiger partial charge in [-0.2, -0.15) is 13.5 Å². The molecule has 0 aromatic carbocycles. The highest BCUT2D eigenvalue weighted by Crippen LogP contribution is 2.30. The lowest BCUT2D eigenvalue weighted by Crippen LogP contribution is -2.54. The van der Waals surface area contributed by atoms with Crippen molar-refractivity contribution >= 4 is 22.3 Å². The number of nitrogens with one attached hydrogen (secondary N) is 2. The minimum Gasteiger partial charge on any atom is -0.350 e. The molecule has 2 bridgehead atoms. The Morgan fingerprint density at radius 3 is 2.78 bits per heavy atom. The molecule has 0 aromatic heterocycles. The standard InChI is InChI=1S/C12H20N4O6S/c17-11(14-8-2-1-5-13-6-8)10-4-3-9-7-15(10)12(18)16(9)22-23(19,20)21/h8-10,13H,1-7H2,(H,14,17)(H,19,20,21)/t8-,9?,10+/m1/s1. The maximum Gasteiger partial charge on any atom is 0.418 e. The first-order chi connectivity index (χ1) is 10.8. The summed E-state index contributed by atoms with van der Waals surface area (Å²) in [6.45, 7) is 1.84. The Kier molecular flexibility index (Phi) is 4.45. The molecule has 3 fully saturated rings. The Balaban J connectivity index is 1.64. The number of urea groups is 1. The topological polar surface area (TPSA) is 128 Å². The van der Waals surface area contributed by atoms with Gasteiger partial charge >= 0.3 is 16.4 Å². The van der Waals surface area contributed by atoms with Crippen LogP contribution in [0.4, 0.5) is 4.79 Å². The van der Waals surface area contributed by atoms with E-state index in [0.29, 0.717) is 24.4 Å². The van der Waals surface area contributed by atoms with Crippen LogP contribution in [0.2, 0.25) is 0 Å². The van der Waals surface area contributed by atoms with E-state index in [1.165, 1.54) is 4.90 Å². The number of piperidine rings is 2. The van der Waals surface area contributed by atoms with Crippen LogP contribution in [0.1, 0.15) is 25.7 Å². The van der Waals surface area contributed by atoms with Gasteiger partial charge in [0.1, 0.15) is 6.04 Å². The van der Waals surface area contributed by atoms with Crippen molar-refractivity contribution in [2.75, 3.05) is 19.6 Å². The molecule has 0 aliphatic carbocycles. The average molecular weight is 348 g/mol. The Labute approximate surface area is 134 Å². The molecular formula is C12H20N4O6S. The number of hydrogen-bond acceptors (Lipinski definition) is 6. The third kappa shape index (κ3) is 3.57. The van der Waals surface area contributed by atoms with Crippen LogP contribution in [-0.2, 0) is 19.5 Å². The Morgan fingerprint density at radius 1 is 1.35 bits per heavy atom. The second-order valence-corrected chi connectivity index (χ2v) is 7.07. The molecular weight excluding hydrogens is 328 g/mol. The number of rotatable bonds is 4. The molecule has 0 radical (unpaired) electrons. The second-order valence-electron chi connectivity index (χ2n) is 6.06. The molecule has 23 heavy (non-hydrogen) atoms. The lowest BCUT2D eigenvalue weighted by atomic mass is 9.99. The van der Waals surface area contributed by atoms with E-state index in [0.717, 1.165) is 19.4 Å². The molecule has 0 saturated carbocycles. The molecule has 0 aromatic rings. The first-order valence-electron chi connectivity index (χ1n) is 7.63. The molecule has 3 heterocycles. The molecule has 3 saturated heterocycles. The zero-order chi connectivity index (χ0) is 16.6. The van der Waals surface area contributed by atoms with Gasteiger partial charge in [0.25, 0.3) is 0 Å². The molecule has 1 unspecified atom stereocenters. The molecule has 3 atom stereocenters. The molecule has 3 rings (SSSR count). The number of hydroxylamine groups is 2. The normalized spacial score (nSPS) is 31.3. The van der Waals surface area contributed by atoms with Crippen molar-refractivity contribution in [1.29, 1.82) is 0 Å². The van der Waals surface area contributed by atoms with Crippen LogP contribution in [0.25, 0.3) is 0 Å². The van der Waals surface area contributed by atoms with Crippen LogP contribution >= 0.6 is 0 Å². The van der Waals surface area contributed by atoms with E-state index in [-0.39, 0.29) is 18.5 Å². The molecule has 3 aliphatic heterocycles. The van der Waals surface area contributed by atoms with Crippen LogP contribution in [0.15, 0.2) is 0 Å². The van der Waals surface area contributed by atoms with Gasteiger partial charge in [0.05, 0.1) is 6.04 Å². The van der Waals surface area contributed by atoms with E-state index in [4.69, 9.17) is 4.55 Å². The van der Waals surface area contributed by atoms with Gasteiger partial charge in [-0.15, -0.1) is 4.28 Å². The van der Waals surface area contributed by atoms with Crippen LogP contribution in [-0.4, -0.2) is 72.6 Å². The summed E-state index contributed by atoms with van der Waals surface area (Å²) in [6.07, 6.45) is 2.73. The first kappa shape index (κ1) is 16.4. The minimum absolute atomic E-state index is 0.0388. The first-order valence-corrected chi connectivity index (χ1v) is 8.99. The number of nitrogens with zero attached hydrogens (tertiary/aromatic N) is 2. The van der Waals surface area contributed by atoms with Gasteiger partial charge in [-0.1, -0.05) is 0 Å². The summed E-state index contributed by atoms with van der Waals surface area (Å²) in [5.41, 5.74) is 0. The third-order valence-corrected chi connectivity index (χ3v) is 4.79. The number of hydrogen-bond donors (Lipinski definition) is 3. The van der Waals surface area contributed by atoms with Gasteiger partial charge in [0, 0.05) is 19.1 Å². The summed E-state index contributed by atoms with van der Waals surface area (Å²) in [4.78, 5) is 26.0. The Hall–Kier alpha value is -1.43. The van der Waals surface area contributed by atoms with E-state index >= 15 is 0 Å². The van der Waals surface area contributed by atoms with E-state index in [1.54, 1.807) is 0 Å². The average Bonchev–Trinajstić information content (AvgIpc) is 2.72. The fourth-order valence-electron chi connectivity index (χ4n) is 3.38. The fourth-order valence-corrected chi connectivity index (χ4v) is 3.76. The second kappa shape index (κ2) is 6.23. The smallest absolute Gasteiger partial charge is 0.350 e. The van der Waals surface area contributed by atoms with Crippen molar-refractivity contribution in [3.8, 4) is 0 Å². The van der Waals surface area contributed by atoms with E-state index in [2.05, 4.69) is 14.9 Å². The van der Waals surface area contributed by atoms with Gasteiger partial charge in [-0.05, 0) is 32.2 Å². The van der Waals surface area contributed by atoms with Crippen molar-refractivity contribution in [2.45, 2.75) is 43.8 Å². The van der Waals surface area contributed by atoms with Crippen molar-refractivity contribution in [1.82, 2.24) is 20.6 Å². The Morgan fingerprint density at radius 2 is 2.13 bits per heavy atom. The van der Waals surface area contributed by atoms with Crippen molar-refractivity contribution in [3.05, 3.63) is 0 Å². The molecule has 3 aliphatic rings. The van der Waals surface area contributed by atoms with Crippen molar-refractivity contribution < 1.29 is 26.8 Å². The maximum atomic E-state index is 12.4. The predicted octanol–water partition coefficient (Wildman–Crippen LogP) is -1.14. The monoisotopic (exact) mass is 348 g/mol. The fraction of sp³-hybridized carbons (Fsp3) is 0.833. The zero-order valence-corrected chi connectivity index (χ0v) is 13.3. The lowest BCUT2D eigenvalue weighted by Gasteiger charge is -2.32. The minimum atomic E-state index is -4.77. The summed E-state index contributed by atoms with van der Waals surface area (Å²) >= 11 is 0. The van der Waals surface area contributed by atoms with E-state index in [9.17, 15) is 18.0 Å². The summed E-state index contributed by atoms with van der Waals surface area (Å²) in [5.74, 6) is -0.237. The molecule has 3 N–H and O–H groups in total. The largest absolute Gasteiger partial charge is 0.418 e. The predicted molar refractivity (Wildman–Crippen MR) is 77.4 cm³/mol. The third-order valence-electron chi connectivity index (χ3n) is 4.44. The summed E-state index contributed by atoms with van der Waals surface area (Å²) in [5, 5.41) is 6.78. The van der Waals surface area contributed by atoms with Gasteiger partial charge < -0.3 is 15.5 Å². The van der Waals surface area contributed by atoms with Crippen LogP contribution in [0, 0.1) is 0 Å². The molecule has 130 valence electrons. The number of carbonyl (C=O) groups is 2. The number of amides is 3. The quantitative estimate of drug-likeness (QED) is 0.548. The summed E-state index contributed by atoms with van der Waals surface area (Å²) in [7, 11) is -4.77. The van der Waals surface area contributed by atoms with Crippen LogP contribution in [0.5, 0.6) is 0 Å². The zero-order valence-electron chi connectivity index (χ0n) is 12.5. The van der Waals surface area contributed by atoms with Crippen molar-refractivity contribution in [2.24, 2.45) is 0 Å². The van der Waals surface area contributed by atoms with Gasteiger partial charge in [-0.3, -0.25) is 9.35 Å². The number of carbonyl (C=O) groups excluding carboxylic acids is 2. The lowest BCUT2D eigenvalue weighted by molar-refractivity contribution is -0.126. The highest BCUT2D eigenvalue weighted by Gasteiger charge is 2.49. The Bertz CT molecular complexity index is 590. The van der Waals surface area contributed by atoms with Gasteiger partial charge in [0.15, 0.2) is 0 Å². The molecule has 3 amide bonds. The van der Waals surface area contributed by atoms with Gasteiger partial charge in [0.2, 0.25) is 5.91 Å². The highest BCUT2D eigenvalue weighted by atomic mass is 32.3.